The van der Waals surface area contributed by atoms with Gasteiger partial charge in [0.25, 0.3) is 5.91 Å². The number of rotatable bonds is 10. The van der Waals surface area contributed by atoms with Crippen LogP contribution in [0, 0.1) is 0 Å². The van der Waals surface area contributed by atoms with Gasteiger partial charge in [0.15, 0.2) is 6.61 Å². The first-order chi connectivity index (χ1) is 17.9. The summed E-state index contributed by atoms with van der Waals surface area (Å²) in [5, 5.41) is 9.21. The van der Waals surface area contributed by atoms with E-state index in [1.807, 2.05) is 48.5 Å². The van der Waals surface area contributed by atoms with E-state index in [1.165, 1.54) is 17.3 Å². The smallest absolute Gasteiger partial charge is 0.329 e. The van der Waals surface area contributed by atoms with E-state index in [2.05, 4.69) is 41.9 Å². The lowest BCUT2D eigenvalue weighted by atomic mass is 10.0. The molecule has 0 aromatic heterocycles. The zero-order valence-electron chi connectivity index (χ0n) is 21.3. The number of nitrogens with one attached hydrogen (secondary N) is 3. The average Bonchev–Trinajstić information content (AvgIpc) is 2.91. The number of aryl methyl sites for hydroxylation is 1. The quantitative estimate of drug-likeness (QED) is 0.221. The first kappa shape index (κ1) is 27.1. The van der Waals surface area contributed by atoms with Crippen LogP contribution in [0.2, 0.25) is 0 Å². The zero-order chi connectivity index (χ0) is 26.6. The predicted molar refractivity (Wildman–Crippen MR) is 145 cm³/mol. The summed E-state index contributed by atoms with van der Waals surface area (Å²) in [6, 6.07) is 22.4. The van der Waals surface area contributed by atoms with Crippen molar-refractivity contribution in [2.75, 3.05) is 11.9 Å². The number of carbonyl (C=O) groups excluding carboxylic acids is 3. The summed E-state index contributed by atoms with van der Waals surface area (Å²) in [6.45, 7) is 6.31. The minimum absolute atomic E-state index is 0.201. The van der Waals surface area contributed by atoms with E-state index in [0.717, 1.165) is 12.0 Å². The van der Waals surface area contributed by atoms with Gasteiger partial charge in [0.2, 0.25) is 0 Å². The Kier molecular flexibility index (Phi) is 9.96. The SMILES string of the molecule is CCc1ccc(NC(=O)COc2ccccc2/C=N\NC(=O)C(=O)NCc2ccc(C(C)C)cc2)cc1. The Morgan fingerprint density at radius 3 is 2.24 bits per heavy atom. The molecule has 0 heterocycles. The summed E-state index contributed by atoms with van der Waals surface area (Å²) in [5.41, 5.74) is 6.71. The lowest BCUT2D eigenvalue weighted by Crippen LogP contribution is -2.37. The minimum atomic E-state index is -0.887. The van der Waals surface area contributed by atoms with Crippen LogP contribution in [0.1, 0.15) is 48.9 Å². The van der Waals surface area contributed by atoms with Crippen LogP contribution < -0.4 is 20.8 Å². The molecule has 0 aliphatic carbocycles. The van der Waals surface area contributed by atoms with Crippen molar-refractivity contribution in [3.05, 3.63) is 95.1 Å². The van der Waals surface area contributed by atoms with Gasteiger partial charge in [-0.1, -0.05) is 69.3 Å². The predicted octanol–water partition coefficient (Wildman–Crippen LogP) is 4.16. The van der Waals surface area contributed by atoms with Crippen LogP contribution >= 0.6 is 0 Å². The maximum Gasteiger partial charge on any atom is 0.329 e. The molecule has 0 atom stereocenters. The molecule has 0 spiro atoms. The minimum Gasteiger partial charge on any atom is -0.483 e. The number of carbonyl (C=O) groups is 3. The number of hydrogen-bond acceptors (Lipinski definition) is 5. The number of nitrogens with zero attached hydrogens (tertiary/aromatic N) is 1. The third-order valence-electron chi connectivity index (χ3n) is 5.60. The van der Waals surface area contributed by atoms with E-state index in [4.69, 9.17) is 4.74 Å². The van der Waals surface area contributed by atoms with Crippen LogP contribution in [0.3, 0.4) is 0 Å². The fraction of sp³-hybridized carbons (Fsp3) is 0.241. The van der Waals surface area contributed by atoms with Crippen LogP contribution in [0.4, 0.5) is 5.69 Å². The number of amides is 3. The highest BCUT2D eigenvalue weighted by Gasteiger charge is 2.12. The van der Waals surface area contributed by atoms with Gasteiger partial charge in [0.1, 0.15) is 5.75 Å². The first-order valence-electron chi connectivity index (χ1n) is 12.2. The Morgan fingerprint density at radius 2 is 1.57 bits per heavy atom. The molecular formula is C29H32N4O4. The molecule has 0 radical (unpaired) electrons. The second kappa shape index (κ2) is 13.6. The third-order valence-corrected chi connectivity index (χ3v) is 5.60. The average molecular weight is 501 g/mol. The van der Waals surface area contributed by atoms with E-state index >= 15 is 0 Å². The van der Waals surface area contributed by atoms with Crippen molar-refractivity contribution in [1.82, 2.24) is 10.7 Å². The Balaban J connectivity index is 1.47. The van der Waals surface area contributed by atoms with Crippen LogP contribution in [-0.2, 0) is 27.3 Å². The molecule has 3 aromatic rings. The molecule has 0 unspecified atom stereocenters. The molecule has 0 bridgehead atoms. The molecule has 192 valence electrons. The fourth-order valence-corrected chi connectivity index (χ4v) is 3.38. The number of hydrazone groups is 1. The molecule has 37 heavy (non-hydrogen) atoms. The summed E-state index contributed by atoms with van der Waals surface area (Å²) >= 11 is 0. The summed E-state index contributed by atoms with van der Waals surface area (Å²) in [4.78, 5) is 36.5. The zero-order valence-corrected chi connectivity index (χ0v) is 21.3. The van der Waals surface area contributed by atoms with E-state index in [-0.39, 0.29) is 19.1 Å². The van der Waals surface area contributed by atoms with Crippen LogP contribution in [0.25, 0.3) is 0 Å². The molecule has 3 rings (SSSR count). The van der Waals surface area contributed by atoms with Gasteiger partial charge in [-0.3, -0.25) is 14.4 Å². The van der Waals surface area contributed by atoms with Crippen molar-refractivity contribution in [2.24, 2.45) is 5.10 Å². The van der Waals surface area contributed by atoms with Crippen LogP contribution in [0.5, 0.6) is 5.75 Å². The summed E-state index contributed by atoms with van der Waals surface area (Å²) < 4.78 is 5.64. The normalized spacial score (nSPS) is 10.8. The highest BCUT2D eigenvalue weighted by Crippen LogP contribution is 2.17. The van der Waals surface area contributed by atoms with Crippen molar-refractivity contribution in [3.8, 4) is 5.75 Å². The second-order valence-corrected chi connectivity index (χ2v) is 8.70. The number of hydrogen-bond donors (Lipinski definition) is 3. The van der Waals surface area contributed by atoms with Crippen LogP contribution in [-0.4, -0.2) is 30.5 Å². The van der Waals surface area contributed by atoms with Crippen molar-refractivity contribution >= 4 is 29.6 Å². The Morgan fingerprint density at radius 1 is 0.892 bits per heavy atom. The van der Waals surface area contributed by atoms with E-state index in [9.17, 15) is 14.4 Å². The number of benzene rings is 3. The van der Waals surface area contributed by atoms with Gasteiger partial charge >= 0.3 is 11.8 Å². The highest BCUT2D eigenvalue weighted by molar-refractivity contribution is 6.35. The van der Waals surface area contributed by atoms with Crippen molar-refractivity contribution in [2.45, 2.75) is 39.7 Å². The molecule has 0 saturated heterocycles. The second-order valence-electron chi connectivity index (χ2n) is 8.70. The Labute approximate surface area is 217 Å². The van der Waals surface area contributed by atoms with Gasteiger partial charge < -0.3 is 15.4 Å². The first-order valence-corrected chi connectivity index (χ1v) is 12.2. The van der Waals surface area contributed by atoms with Gasteiger partial charge in [-0.2, -0.15) is 5.10 Å². The molecule has 0 fully saturated rings. The number of anilines is 1. The van der Waals surface area contributed by atoms with Crippen molar-refractivity contribution < 1.29 is 19.1 Å². The molecule has 3 aromatic carbocycles. The molecule has 3 amide bonds. The summed E-state index contributed by atoms with van der Waals surface area (Å²) in [7, 11) is 0. The van der Waals surface area contributed by atoms with Gasteiger partial charge in [-0.15, -0.1) is 0 Å². The fourth-order valence-electron chi connectivity index (χ4n) is 3.38. The lowest BCUT2D eigenvalue weighted by Gasteiger charge is -2.10. The Hall–Kier alpha value is -4.46. The Bertz CT molecular complexity index is 1240. The van der Waals surface area contributed by atoms with Crippen molar-refractivity contribution in [3.63, 3.8) is 0 Å². The van der Waals surface area contributed by atoms with Crippen molar-refractivity contribution in [1.29, 1.82) is 0 Å². The molecule has 8 nitrogen and oxygen atoms in total. The molecule has 0 aliphatic rings. The van der Waals surface area contributed by atoms with Crippen LogP contribution in [0.15, 0.2) is 77.9 Å². The molecular weight excluding hydrogens is 468 g/mol. The third kappa shape index (κ3) is 8.61. The molecule has 0 saturated carbocycles. The number of ether oxygens (including phenoxy) is 1. The van der Waals surface area contributed by atoms with Gasteiger partial charge in [-0.05, 0) is 53.3 Å². The van der Waals surface area contributed by atoms with Gasteiger partial charge in [-0.25, -0.2) is 5.43 Å². The molecule has 3 N–H and O–H groups in total. The molecule has 8 heteroatoms. The van der Waals surface area contributed by atoms with E-state index < -0.39 is 11.8 Å². The van der Waals surface area contributed by atoms with Gasteiger partial charge in [0.05, 0.1) is 6.21 Å². The standard InChI is InChI=1S/C29H32N4O4/c1-4-21-11-15-25(16-12-21)32-27(34)19-37-26-8-6-5-7-24(26)18-31-33-29(36)28(35)30-17-22-9-13-23(14-10-22)20(2)3/h5-16,18,20H,4,17,19H2,1-3H3,(H,30,35)(H,32,34)(H,33,36)/b31-18-. The topological polar surface area (TPSA) is 109 Å². The lowest BCUT2D eigenvalue weighted by molar-refractivity contribution is -0.139. The van der Waals surface area contributed by atoms with E-state index in [1.54, 1.807) is 24.3 Å². The molecule has 0 aliphatic heterocycles. The maximum absolute atomic E-state index is 12.3. The monoisotopic (exact) mass is 500 g/mol. The summed E-state index contributed by atoms with van der Waals surface area (Å²) in [5.74, 6) is -1.16. The summed E-state index contributed by atoms with van der Waals surface area (Å²) in [6.07, 6.45) is 2.28. The number of para-hydroxylation sites is 1. The highest BCUT2D eigenvalue weighted by atomic mass is 16.5. The van der Waals surface area contributed by atoms with Gasteiger partial charge in [0, 0.05) is 17.8 Å². The largest absolute Gasteiger partial charge is 0.483 e. The maximum atomic E-state index is 12.3. The van der Waals surface area contributed by atoms with E-state index in [0.29, 0.717) is 22.9 Å².